The number of hydrogen-bond donors (Lipinski definition) is 1. The van der Waals surface area contributed by atoms with E-state index >= 15 is 0 Å². The van der Waals surface area contributed by atoms with Crippen molar-refractivity contribution < 1.29 is 9.21 Å². The molecular weight excluding hydrogens is 290 g/mol. The monoisotopic (exact) mass is 311 g/mol. The molecule has 0 unspecified atom stereocenters. The molecule has 2 aromatic rings. The Kier molecular flexibility index (Phi) is 4.60. The van der Waals surface area contributed by atoms with Gasteiger partial charge in [-0.05, 0) is 56.5 Å². The number of carbonyl (C=O) groups is 1. The summed E-state index contributed by atoms with van der Waals surface area (Å²) in [5, 5.41) is 4.07. The Hall–Kier alpha value is -2.36. The minimum absolute atomic E-state index is 0.0731. The first-order valence-corrected chi connectivity index (χ1v) is 8.14. The molecular formula is C19H21NO3. The molecule has 0 fully saturated rings. The van der Waals surface area contributed by atoms with Crippen molar-refractivity contribution in [2.75, 3.05) is 6.54 Å². The van der Waals surface area contributed by atoms with E-state index in [1.807, 2.05) is 19.1 Å². The summed E-state index contributed by atoms with van der Waals surface area (Å²) in [7, 11) is 0. The predicted octanol–water partition coefficient (Wildman–Crippen LogP) is 3.72. The molecule has 3 rings (SSSR count). The van der Waals surface area contributed by atoms with Gasteiger partial charge in [-0.3, -0.25) is 4.79 Å². The van der Waals surface area contributed by atoms with Crippen LogP contribution < -0.4 is 10.9 Å². The molecule has 1 amide bonds. The highest BCUT2D eigenvalue weighted by molar-refractivity contribution is 5.95. The van der Waals surface area contributed by atoms with Crippen LogP contribution in [0.2, 0.25) is 0 Å². The molecule has 0 radical (unpaired) electrons. The Morgan fingerprint density at radius 1 is 1.26 bits per heavy atom. The van der Waals surface area contributed by atoms with E-state index in [-0.39, 0.29) is 11.7 Å². The Bertz CT molecular complexity index is 817. The topological polar surface area (TPSA) is 59.3 Å². The van der Waals surface area contributed by atoms with Gasteiger partial charge in [-0.15, -0.1) is 0 Å². The van der Waals surface area contributed by atoms with Crippen LogP contribution in [0.1, 0.15) is 48.2 Å². The Balaban J connectivity index is 1.69. The smallest absolute Gasteiger partial charge is 0.344 e. The van der Waals surface area contributed by atoms with E-state index < -0.39 is 5.63 Å². The van der Waals surface area contributed by atoms with Crippen LogP contribution in [0.25, 0.3) is 10.8 Å². The third-order valence-corrected chi connectivity index (χ3v) is 4.26. The summed E-state index contributed by atoms with van der Waals surface area (Å²) >= 11 is 0. The van der Waals surface area contributed by atoms with Gasteiger partial charge >= 0.3 is 5.63 Å². The molecule has 0 saturated carbocycles. The van der Waals surface area contributed by atoms with Crippen molar-refractivity contribution in [3.05, 3.63) is 57.7 Å². The molecule has 1 aliphatic rings. The van der Waals surface area contributed by atoms with Crippen LogP contribution in [-0.4, -0.2) is 12.5 Å². The second-order valence-electron chi connectivity index (χ2n) is 6.10. The van der Waals surface area contributed by atoms with Gasteiger partial charge in [0.15, 0.2) is 5.76 Å². The zero-order valence-corrected chi connectivity index (χ0v) is 13.4. The lowest BCUT2D eigenvalue weighted by Crippen LogP contribution is -2.25. The van der Waals surface area contributed by atoms with Crippen molar-refractivity contribution in [2.45, 2.75) is 39.0 Å². The number of benzene rings is 1. The number of allylic oxidation sites excluding steroid dienone is 1. The molecule has 0 saturated heterocycles. The van der Waals surface area contributed by atoms with Gasteiger partial charge in [0.1, 0.15) is 0 Å². The highest BCUT2D eigenvalue weighted by Crippen LogP contribution is 2.19. The van der Waals surface area contributed by atoms with Crippen LogP contribution in [-0.2, 0) is 0 Å². The lowest BCUT2D eigenvalue weighted by Gasteiger charge is -2.12. The van der Waals surface area contributed by atoms with E-state index in [9.17, 15) is 9.59 Å². The second-order valence-corrected chi connectivity index (χ2v) is 6.10. The average molecular weight is 311 g/mol. The van der Waals surface area contributed by atoms with E-state index in [0.29, 0.717) is 11.9 Å². The molecule has 0 atom stereocenters. The minimum atomic E-state index is -0.466. The van der Waals surface area contributed by atoms with Gasteiger partial charge in [-0.2, -0.15) is 0 Å². The van der Waals surface area contributed by atoms with Crippen molar-refractivity contribution in [3.63, 3.8) is 0 Å². The van der Waals surface area contributed by atoms with Gasteiger partial charge in [0.05, 0.1) is 5.39 Å². The van der Waals surface area contributed by atoms with Gasteiger partial charge in [0.25, 0.3) is 5.91 Å². The number of rotatable bonds is 4. The van der Waals surface area contributed by atoms with Crippen LogP contribution in [0.3, 0.4) is 0 Å². The zero-order chi connectivity index (χ0) is 16.2. The lowest BCUT2D eigenvalue weighted by molar-refractivity contribution is 0.0922. The first-order chi connectivity index (χ1) is 11.1. The molecule has 1 aliphatic carbocycles. The van der Waals surface area contributed by atoms with Gasteiger partial charge in [-0.25, -0.2) is 4.79 Å². The van der Waals surface area contributed by atoms with Gasteiger partial charge < -0.3 is 9.73 Å². The van der Waals surface area contributed by atoms with Crippen molar-refractivity contribution >= 4 is 16.7 Å². The summed E-state index contributed by atoms with van der Waals surface area (Å²) in [6.45, 7) is 2.49. The van der Waals surface area contributed by atoms with E-state index in [1.54, 1.807) is 12.1 Å². The van der Waals surface area contributed by atoms with Crippen molar-refractivity contribution in [1.82, 2.24) is 5.32 Å². The molecule has 1 aromatic heterocycles. The van der Waals surface area contributed by atoms with Gasteiger partial charge in [-0.1, -0.05) is 29.3 Å². The van der Waals surface area contributed by atoms with Crippen LogP contribution in [0.4, 0.5) is 0 Å². The van der Waals surface area contributed by atoms with Crippen LogP contribution in [0, 0.1) is 6.92 Å². The predicted molar refractivity (Wildman–Crippen MR) is 90.7 cm³/mol. The minimum Gasteiger partial charge on any atom is -0.417 e. The number of fused-ring (bicyclic) bond motifs is 1. The lowest BCUT2D eigenvalue weighted by atomic mass is 9.97. The molecule has 4 nitrogen and oxygen atoms in total. The van der Waals surface area contributed by atoms with Crippen LogP contribution >= 0.6 is 0 Å². The first-order valence-electron chi connectivity index (χ1n) is 8.14. The average Bonchev–Trinajstić information content (AvgIpc) is 2.56. The number of aryl methyl sites for hydroxylation is 1. The summed E-state index contributed by atoms with van der Waals surface area (Å²) < 4.78 is 5.17. The highest BCUT2D eigenvalue weighted by Gasteiger charge is 2.12. The maximum Gasteiger partial charge on any atom is 0.344 e. The third kappa shape index (κ3) is 3.70. The summed E-state index contributed by atoms with van der Waals surface area (Å²) in [5.41, 5.74) is 1.93. The summed E-state index contributed by atoms with van der Waals surface area (Å²) in [4.78, 5) is 24.2. The SMILES string of the molecule is Cc1ccc2cc(C(=O)NCCC3=CCCCC3)oc(=O)c2c1. The van der Waals surface area contributed by atoms with Crippen molar-refractivity contribution in [2.24, 2.45) is 0 Å². The standard InChI is InChI=1S/C19H21NO3/c1-13-7-8-15-12-17(23-19(22)16(15)11-13)18(21)20-10-9-14-5-3-2-4-6-14/h5,7-8,11-12H,2-4,6,9-10H2,1H3,(H,20,21). The number of hydrogen-bond acceptors (Lipinski definition) is 3. The fourth-order valence-electron chi connectivity index (χ4n) is 2.97. The van der Waals surface area contributed by atoms with Crippen molar-refractivity contribution in [1.29, 1.82) is 0 Å². The zero-order valence-electron chi connectivity index (χ0n) is 13.4. The normalized spacial score (nSPS) is 14.6. The number of nitrogens with one attached hydrogen (secondary N) is 1. The van der Waals surface area contributed by atoms with E-state index in [2.05, 4.69) is 11.4 Å². The number of carbonyl (C=O) groups excluding carboxylic acids is 1. The molecule has 0 bridgehead atoms. The van der Waals surface area contributed by atoms with E-state index in [0.717, 1.165) is 30.2 Å². The summed E-state index contributed by atoms with van der Waals surface area (Å²) in [6.07, 6.45) is 7.90. The van der Waals surface area contributed by atoms with E-state index in [4.69, 9.17) is 4.42 Å². The fourth-order valence-corrected chi connectivity index (χ4v) is 2.97. The first kappa shape index (κ1) is 15.5. The highest BCUT2D eigenvalue weighted by atomic mass is 16.4. The molecule has 1 N–H and O–H groups in total. The molecule has 23 heavy (non-hydrogen) atoms. The Labute approximate surface area is 135 Å². The second kappa shape index (κ2) is 6.82. The van der Waals surface area contributed by atoms with Gasteiger partial charge in [0, 0.05) is 6.54 Å². The fraction of sp³-hybridized carbons (Fsp3) is 0.368. The molecule has 0 aliphatic heterocycles. The quantitative estimate of drug-likeness (QED) is 0.875. The third-order valence-electron chi connectivity index (χ3n) is 4.26. The molecule has 4 heteroatoms. The number of amides is 1. The molecule has 1 aromatic carbocycles. The summed E-state index contributed by atoms with van der Waals surface area (Å²) in [5.74, 6) is -0.259. The molecule has 0 spiro atoms. The largest absolute Gasteiger partial charge is 0.417 e. The maximum atomic E-state index is 12.2. The van der Waals surface area contributed by atoms with Crippen LogP contribution in [0.15, 0.2) is 45.1 Å². The van der Waals surface area contributed by atoms with Gasteiger partial charge in [0.2, 0.25) is 0 Å². The van der Waals surface area contributed by atoms with Crippen LogP contribution in [0.5, 0.6) is 0 Å². The molecule has 1 heterocycles. The molecule has 120 valence electrons. The Morgan fingerprint density at radius 2 is 2.13 bits per heavy atom. The van der Waals surface area contributed by atoms with Crippen molar-refractivity contribution in [3.8, 4) is 0 Å². The summed E-state index contributed by atoms with van der Waals surface area (Å²) in [6, 6.07) is 7.16. The van der Waals surface area contributed by atoms with E-state index in [1.165, 1.54) is 18.4 Å². The maximum absolute atomic E-state index is 12.2. The Morgan fingerprint density at radius 3 is 2.91 bits per heavy atom.